The van der Waals surface area contributed by atoms with Crippen LogP contribution in [0.3, 0.4) is 0 Å². The summed E-state index contributed by atoms with van der Waals surface area (Å²) < 4.78 is 24.9. The van der Waals surface area contributed by atoms with Crippen LogP contribution in [0.1, 0.15) is 15.9 Å². The summed E-state index contributed by atoms with van der Waals surface area (Å²) in [5.74, 6) is -0.724. The molecule has 1 N–H and O–H groups in total. The summed E-state index contributed by atoms with van der Waals surface area (Å²) in [6, 6.07) is 19.0. The summed E-state index contributed by atoms with van der Waals surface area (Å²) in [6.45, 7) is 0.260. The zero-order chi connectivity index (χ0) is 18.8. The van der Waals surface area contributed by atoms with Gasteiger partial charge in [-0.05, 0) is 59.2 Å². The van der Waals surface area contributed by atoms with Crippen LogP contribution in [0.4, 0.5) is 4.39 Å². The van der Waals surface area contributed by atoms with Gasteiger partial charge in [-0.1, -0.05) is 24.3 Å². The molecule has 0 aliphatic carbocycles. The predicted molar refractivity (Wildman–Crippen MR) is 99.3 cm³/mol. The molecule has 0 spiro atoms. The number of fused-ring (bicyclic) bond motifs is 1. The molecule has 1 aromatic heterocycles. The average molecular weight is 362 g/mol. The number of aromatic carboxylic acids is 1. The number of carboxylic acids is 1. The Bertz CT molecular complexity index is 1110. The standard InChI is InChI=1S/C22H15FO4/c23-20-12-18(11-16-8-9-26-21(16)20)15-4-6-19(7-5-15)27-13-14-2-1-3-17(10-14)22(24)25/h1-12H,13H2,(H,24,25). The highest BCUT2D eigenvalue weighted by Gasteiger charge is 2.09. The SMILES string of the molecule is O=C(O)c1cccc(COc2ccc(-c3cc(F)c4occc4c3)cc2)c1. The van der Waals surface area contributed by atoms with Gasteiger partial charge in [0.05, 0.1) is 11.8 Å². The topological polar surface area (TPSA) is 59.7 Å². The lowest BCUT2D eigenvalue weighted by atomic mass is 10.0. The normalized spacial score (nSPS) is 10.9. The first-order chi connectivity index (χ1) is 13.1. The van der Waals surface area contributed by atoms with Gasteiger partial charge >= 0.3 is 5.97 Å². The highest BCUT2D eigenvalue weighted by molar-refractivity contribution is 5.87. The Hall–Kier alpha value is -3.60. The van der Waals surface area contributed by atoms with Gasteiger partial charge in [0.15, 0.2) is 11.4 Å². The number of halogens is 1. The number of benzene rings is 3. The summed E-state index contributed by atoms with van der Waals surface area (Å²) in [4.78, 5) is 11.0. The number of carbonyl (C=O) groups is 1. The molecule has 0 fully saturated rings. The van der Waals surface area contributed by atoms with Gasteiger partial charge in [0, 0.05) is 5.39 Å². The summed E-state index contributed by atoms with van der Waals surface area (Å²) in [5, 5.41) is 9.74. The maximum atomic E-state index is 14.1. The van der Waals surface area contributed by atoms with Crippen LogP contribution in [0.15, 0.2) is 77.4 Å². The minimum Gasteiger partial charge on any atom is -0.489 e. The molecule has 0 saturated carbocycles. The van der Waals surface area contributed by atoms with Crippen LogP contribution in [0.2, 0.25) is 0 Å². The summed E-state index contributed by atoms with van der Waals surface area (Å²) in [7, 11) is 0. The molecule has 0 bridgehead atoms. The molecule has 4 rings (SSSR count). The second-order valence-corrected chi connectivity index (χ2v) is 6.12. The van der Waals surface area contributed by atoms with Gasteiger partial charge < -0.3 is 14.3 Å². The van der Waals surface area contributed by atoms with E-state index in [-0.39, 0.29) is 17.8 Å². The third-order valence-electron chi connectivity index (χ3n) is 4.27. The Morgan fingerprint density at radius 2 is 1.81 bits per heavy atom. The molecule has 5 heteroatoms. The van der Waals surface area contributed by atoms with E-state index >= 15 is 0 Å². The van der Waals surface area contributed by atoms with Gasteiger partial charge in [-0.3, -0.25) is 0 Å². The second kappa shape index (κ2) is 6.96. The Morgan fingerprint density at radius 3 is 2.59 bits per heavy atom. The number of rotatable bonds is 5. The van der Waals surface area contributed by atoms with Crippen LogP contribution in [-0.4, -0.2) is 11.1 Å². The van der Waals surface area contributed by atoms with Crippen molar-refractivity contribution in [2.24, 2.45) is 0 Å². The van der Waals surface area contributed by atoms with E-state index in [1.54, 1.807) is 30.3 Å². The van der Waals surface area contributed by atoms with Crippen molar-refractivity contribution >= 4 is 16.9 Å². The molecule has 0 atom stereocenters. The molecule has 0 aliphatic heterocycles. The molecule has 0 saturated heterocycles. The lowest BCUT2D eigenvalue weighted by molar-refractivity contribution is 0.0696. The molecular formula is C22H15FO4. The quantitative estimate of drug-likeness (QED) is 0.508. The molecular weight excluding hydrogens is 347 g/mol. The molecule has 0 unspecified atom stereocenters. The van der Waals surface area contributed by atoms with Gasteiger partial charge in [0.25, 0.3) is 0 Å². The van der Waals surface area contributed by atoms with Crippen molar-refractivity contribution < 1.29 is 23.4 Å². The van der Waals surface area contributed by atoms with Crippen LogP contribution < -0.4 is 4.74 Å². The molecule has 0 aliphatic rings. The highest BCUT2D eigenvalue weighted by atomic mass is 19.1. The summed E-state index contributed by atoms with van der Waals surface area (Å²) >= 11 is 0. The molecule has 0 amide bonds. The van der Waals surface area contributed by atoms with Crippen LogP contribution >= 0.6 is 0 Å². The van der Waals surface area contributed by atoms with E-state index < -0.39 is 11.8 Å². The van der Waals surface area contributed by atoms with Crippen molar-refractivity contribution in [3.05, 3.63) is 89.9 Å². The fourth-order valence-corrected chi connectivity index (χ4v) is 2.91. The molecule has 134 valence electrons. The van der Waals surface area contributed by atoms with Gasteiger partial charge in [0.1, 0.15) is 12.4 Å². The minimum atomic E-state index is -0.969. The predicted octanol–water partition coefficient (Wildman–Crippen LogP) is 5.52. The third-order valence-corrected chi connectivity index (χ3v) is 4.27. The van der Waals surface area contributed by atoms with E-state index in [0.29, 0.717) is 11.1 Å². The molecule has 3 aromatic carbocycles. The Kier molecular flexibility index (Phi) is 4.34. The first kappa shape index (κ1) is 16.8. The van der Waals surface area contributed by atoms with Crippen LogP contribution in [-0.2, 0) is 6.61 Å². The van der Waals surface area contributed by atoms with Crippen LogP contribution in [0.5, 0.6) is 5.75 Å². The zero-order valence-electron chi connectivity index (χ0n) is 14.2. The second-order valence-electron chi connectivity index (χ2n) is 6.12. The van der Waals surface area contributed by atoms with Crippen molar-refractivity contribution in [2.45, 2.75) is 6.61 Å². The fourth-order valence-electron chi connectivity index (χ4n) is 2.91. The van der Waals surface area contributed by atoms with Crippen molar-refractivity contribution in [1.29, 1.82) is 0 Å². The molecule has 27 heavy (non-hydrogen) atoms. The Labute approximate surface area is 154 Å². The van der Waals surface area contributed by atoms with E-state index in [1.807, 2.05) is 24.3 Å². The van der Waals surface area contributed by atoms with Crippen LogP contribution in [0, 0.1) is 5.82 Å². The smallest absolute Gasteiger partial charge is 0.335 e. The monoisotopic (exact) mass is 362 g/mol. The minimum absolute atomic E-state index is 0.225. The van der Waals surface area contributed by atoms with Gasteiger partial charge in [-0.2, -0.15) is 0 Å². The Morgan fingerprint density at radius 1 is 1.00 bits per heavy atom. The molecule has 4 nitrogen and oxygen atoms in total. The largest absolute Gasteiger partial charge is 0.489 e. The molecule has 0 radical (unpaired) electrons. The first-order valence-electron chi connectivity index (χ1n) is 8.32. The van der Waals surface area contributed by atoms with Crippen LogP contribution in [0.25, 0.3) is 22.1 Å². The third kappa shape index (κ3) is 3.53. The van der Waals surface area contributed by atoms with E-state index in [2.05, 4.69) is 0 Å². The molecule has 1 heterocycles. The van der Waals surface area contributed by atoms with Crippen molar-refractivity contribution in [3.8, 4) is 16.9 Å². The van der Waals surface area contributed by atoms with E-state index in [1.165, 1.54) is 18.4 Å². The maximum absolute atomic E-state index is 14.1. The maximum Gasteiger partial charge on any atom is 0.335 e. The van der Waals surface area contributed by atoms with Gasteiger partial charge in [-0.25, -0.2) is 9.18 Å². The number of hydrogen-bond donors (Lipinski definition) is 1. The zero-order valence-corrected chi connectivity index (χ0v) is 14.2. The van der Waals surface area contributed by atoms with Gasteiger partial charge in [-0.15, -0.1) is 0 Å². The van der Waals surface area contributed by atoms with E-state index in [9.17, 15) is 9.18 Å². The van der Waals surface area contributed by atoms with Crippen molar-refractivity contribution in [2.75, 3.05) is 0 Å². The Balaban J connectivity index is 1.50. The van der Waals surface area contributed by atoms with Crippen molar-refractivity contribution in [1.82, 2.24) is 0 Å². The van der Waals surface area contributed by atoms with E-state index in [4.69, 9.17) is 14.3 Å². The van der Waals surface area contributed by atoms with Crippen molar-refractivity contribution in [3.63, 3.8) is 0 Å². The number of carboxylic acid groups (broad SMARTS) is 1. The molecule has 4 aromatic rings. The number of hydrogen-bond acceptors (Lipinski definition) is 3. The fraction of sp³-hybridized carbons (Fsp3) is 0.0455. The lowest BCUT2D eigenvalue weighted by Crippen LogP contribution is -2.00. The average Bonchev–Trinajstić information content (AvgIpc) is 3.16. The van der Waals surface area contributed by atoms with Gasteiger partial charge in [0.2, 0.25) is 0 Å². The summed E-state index contributed by atoms with van der Waals surface area (Å²) in [5.41, 5.74) is 2.86. The highest BCUT2D eigenvalue weighted by Crippen LogP contribution is 2.29. The van der Waals surface area contributed by atoms with E-state index in [0.717, 1.165) is 16.7 Å². The summed E-state index contributed by atoms with van der Waals surface area (Å²) in [6.07, 6.45) is 1.47. The first-order valence-corrected chi connectivity index (χ1v) is 8.32. The number of ether oxygens (including phenoxy) is 1. The number of furan rings is 1. The lowest BCUT2D eigenvalue weighted by Gasteiger charge is -2.08.